The van der Waals surface area contributed by atoms with E-state index in [9.17, 15) is 9.59 Å². The van der Waals surface area contributed by atoms with Gasteiger partial charge in [0.1, 0.15) is 6.04 Å². The fourth-order valence-corrected chi connectivity index (χ4v) is 1.50. The molecule has 6 nitrogen and oxygen atoms in total. The van der Waals surface area contributed by atoms with Crippen molar-refractivity contribution in [2.45, 2.75) is 12.5 Å². The maximum absolute atomic E-state index is 11.6. The van der Waals surface area contributed by atoms with Crippen LogP contribution in [-0.4, -0.2) is 34.7 Å². The van der Waals surface area contributed by atoms with Gasteiger partial charge in [-0.15, -0.1) is 0 Å². The average molecular weight is 292 g/mol. The molecule has 0 radical (unpaired) electrons. The summed E-state index contributed by atoms with van der Waals surface area (Å²) in [6.45, 7) is -0.316. The van der Waals surface area contributed by atoms with Crippen molar-refractivity contribution >= 4 is 27.8 Å². The van der Waals surface area contributed by atoms with Gasteiger partial charge in [0.2, 0.25) is 0 Å². The molecule has 16 heavy (non-hydrogen) atoms. The zero-order valence-electron chi connectivity index (χ0n) is 8.14. The molecule has 1 atom stereocenters. The quantitative estimate of drug-likeness (QED) is 0.738. The molecule has 1 rings (SSSR count). The van der Waals surface area contributed by atoms with Crippen molar-refractivity contribution in [3.05, 3.63) is 22.6 Å². The monoisotopic (exact) mass is 291 g/mol. The van der Waals surface area contributed by atoms with Gasteiger partial charge in [0.05, 0.1) is 11.8 Å². The van der Waals surface area contributed by atoms with Crippen molar-refractivity contribution in [3.8, 4) is 0 Å². The number of halogens is 1. The highest BCUT2D eigenvalue weighted by Crippen LogP contribution is 2.17. The third kappa shape index (κ3) is 3.07. The van der Waals surface area contributed by atoms with E-state index in [1.165, 1.54) is 12.3 Å². The Balaban J connectivity index is 2.69. The maximum Gasteiger partial charge on any atom is 0.326 e. The molecule has 88 valence electrons. The zero-order valence-corrected chi connectivity index (χ0v) is 9.73. The lowest BCUT2D eigenvalue weighted by Gasteiger charge is -2.12. The number of aliphatic hydroxyl groups excluding tert-OH is 1. The highest BCUT2D eigenvalue weighted by Gasteiger charge is 2.21. The molecule has 7 heteroatoms. The third-order valence-corrected chi connectivity index (χ3v) is 2.50. The molecule has 0 aromatic carbocycles. The van der Waals surface area contributed by atoms with E-state index < -0.39 is 17.9 Å². The average Bonchev–Trinajstić information content (AvgIpc) is 2.63. The van der Waals surface area contributed by atoms with Gasteiger partial charge in [-0.25, -0.2) is 4.79 Å². The molecule has 0 aliphatic rings. The minimum Gasteiger partial charge on any atom is -0.480 e. The van der Waals surface area contributed by atoms with Gasteiger partial charge >= 0.3 is 5.97 Å². The smallest absolute Gasteiger partial charge is 0.326 e. The fourth-order valence-electron chi connectivity index (χ4n) is 1.08. The lowest BCUT2D eigenvalue weighted by Crippen LogP contribution is -2.41. The first-order valence-corrected chi connectivity index (χ1v) is 5.23. The molecule has 0 spiro atoms. The van der Waals surface area contributed by atoms with Crippen molar-refractivity contribution < 1.29 is 24.2 Å². The van der Waals surface area contributed by atoms with Gasteiger partial charge in [0.25, 0.3) is 5.91 Å². The van der Waals surface area contributed by atoms with Crippen LogP contribution >= 0.6 is 15.9 Å². The van der Waals surface area contributed by atoms with Crippen molar-refractivity contribution in [2.75, 3.05) is 6.61 Å². The Labute approximate surface area is 99.4 Å². The summed E-state index contributed by atoms with van der Waals surface area (Å²) in [7, 11) is 0. The standard InChI is InChI=1S/C9H10BrNO5/c10-7-5(2-4-16-7)8(13)11-6(1-3-12)9(14)15/h2,4,6,12H,1,3H2,(H,11,13)(H,14,15)/t6-/m0/s1. The predicted octanol–water partition coefficient (Wildman–Crippen LogP) is 0.607. The summed E-state index contributed by atoms with van der Waals surface area (Å²) in [5.74, 6) is -1.76. The summed E-state index contributed by atoms with van der Waals surface area (Å²) < 4.78 is 5.08. The van der Waals surface area contributed by atoms with Crippen molar-refractivity contribution in [1.29, 1.82) is 0 Å². The summed E-state index contributed by atoms with van der Waals surface area (Å²) >= 11 is 3.01. The molecule has 0 bridgehead atoms. The summed E-state index contributed by atoms with van der Waals surface area (Å²) in [5, 5.41) is 19.7. The number of hydrogen-bond donors (Lipinski definition) is 3. The van der Waals surface area contributed by atoms with Gasteiger partial charge in [-0.1, -0.05) is 0 Å². The summed E-state index contributed by atoms with van der Waals surface area (Å²) in [6, 6.07) is 0.302. The highest BCUT2D eigenvalue weighted by molar-refractivity contribution is 9.10. The van der Waals surface area contributed by atoms with Gasteiger partial charge < -0.3 is 19.9 Å². The van der Waals surface area contributed by atoms with E-state index >= 15 is 0 Å². The van der Waals surface area contributed by atoms with Crippen LogP contribution in [0.15, 0.2) is 21.4 Å². The Kier molecular flexibility index (Phi) is 4.51. The van der Waals surface area contributed by atoms with E-state index in [2.05, 4.69) is 21.2 Å². The lowest BCUT2D eigenvalue weighted by molar-refractivity contribution is -0.139. The van der Waals surface area contributed by atoms with Crippen LogP contribution in [0.4, 0.5) is 0 Å². The van der Waals surface area contributed by atoms with Crippen LogP contribution in [0.1, 0.15) is 16.8 Å². The Morgan fingerprint density at radius 2 is 2.25 bits per heavy atom. The van der Waals surface area contributed by atoms with Crippen LogP contribution in [-0.2, 0) is 4.79 Å². The van der Waals surface area contributed by atoms with E-state index in [4.69, 9.17) is 14.6 Å². The van der Waals surface area contributed by atoms with Crippen LogP contribution < -0.4 is 5.32 Å². The molecule has 0 fully saturated rings. The number of carboxylic acids is 1. The predicted molar refractivity (Wildman–Crippen MR) is 57.0 cm³/mol. The first-order valence-electron chi connectivity index (χ1n) is 4.43. The second-order valence-corrected chi connectivity index (χ2v) is 3.70. The number of aliphatic carboxylic acids is 1. The van der Waals surface area contributed by atoms with Crippen molar-refractivity contribution in [2.24, 2.45) is 0 Å². The minimum absolute atomic E-state index is 0.0451. The summed E-state index contributed by atoms with van der Waals surface area (Å²) in [4.78, 5) is 22.3. The number of rotatable bonds is 5. The minimum atomic E-state index is -1.19. The van der Waals surface area contributed by atoms with E-state index in [1.807, 2.05) is 0 Å². The number of carboxylic acid groups (broad SMARTS) is 1. The van der Waals surface area contributed by atoms with Gasteiger partial charge in [0.15, 0.2) is 4.67 Å². The van der Waals surface area contributed by atoms with Crippen LogP contribution in [0.3, 0.4) is 0 Å². The number of carbonyl (C=O) groups is 2. The maximum atomic E-state index is 11.6. The van der Waals surface area contributed by atoms with Crippen LogP contribution in [0.25, 0.3) is 0 Å². The van der Waals surface area contributed by atoms with Crippen molar-refractivity contribution in [3.63, 3.8) is 0 Å². The SMILES string of the molecule is O=C(N[C@@H](CCO)C(=O)O)c1ccoc1Br. The number of nitrogens with one attached hydrogen (secondary N) is 1. The number of carbonyl (C=O) groups excluding carboxylic acids is 1. The second kappa shape index (κ2) is 5.66. The molecule has 0 aliphatic carbocycles. The summed E-state index contributed by atoms with van der Waals surface area (Å²) in [5.41, 5.74) is 0.212. The summed E-state index contributed by atoms with van der Waals surface area (Å²) in [6.07, 6.45) is 1.26. The number of amides is 1. The number of hydrogen-bond acceptors (Lipinski definition) is 4. The molecule has 1 aromatic heterocycles. The van der Waals surface area contributed by atoms with Gasteiger partial charge in [-0.3, -0.25) is 4.79 Å². The molecule has 1 amide bonds. The van der Waals surface area contributed by atoms with Crippen LogP contribution in [0.2, 0.25) is 0 Å². The van der Waals surface area contributed by atoms with E-state index in [-0.39, 0.29) is 23.3 Å². The molecule has 0 unspecified atom stereocenters. The normalized spacial score (nSPS) is 12.1. The molecule has 1 aromatic rings. The van der Waals surface area contributed by atoms with E-state index in [1.54, 1.807) is 0 Å². The second-order valence-electron chi connectivity index (χ2n) is 2.98. The first-order chi connectivity index (χ1) is 7.56. The van der Waals surface area contributed by atoms with Gasteiger partial charge in [-0.05, 0) is 22.0 Å². The largest absolute Gasteiger partial charge is 0.480 e. The molecule has 3 N–H and O–H groups in total. The number of furan rings is 1. The first kappa shape index (κ1) is 12.7. The highest BCUT2D eigenvalue weighted by atomic mass is 79.9. The molecular formula is C9H10BrNO5. The molecule has 1 heterocycles. The molecule has 0 aliphatic heterocycles. The van der Waals surface area contributed by atoms with Crippen LogP contribution in [0.5, 0.6) is 0 Å². The zero-order chi connectivity index (χ0) is 12.1. The van der Waals surface area contributed by atoms with Crippen LogP contribution in [0, 0.1) is 0 Å². The Morgan fingerprint density at radius 3 is 2.69 bits per heavy atom. The van der Waals surface area contributed by atoms with E-state index in [0.717, 1.165) is 0 Å². The molecule has 0 saturated heterocycles. The topological polar surface area (TPSA) is 99.8 Å². The lowest BCUT2D eigenvalue weighted by atomic mass is 10.2. The Bertz CT molecular complexity index is 389. The third-order valence-electron chi connectivity index (χ3n) is 1.88. The van der Waals surface area contributed by atoms with Crippen molar-refractivity contribution in [1.82, 2.24) is 5.32 Å². The number of aliphatic hydroxyl groups is 1. The Hall–Kier alpha value is -1.34. The fraction of sp³-hybridized carbons (Fsp3) is 0.333. The van der Waals surface area contributed by atoms with E-state index in [0.29, 0.717) is 0 Å². The van der Waals surface area contributed by atoms with Gasteiger partial charge in [0, 0.05) is 13.0 Å². The van der Waals surface area contributed by atoms with Gasteiger partial charge in [-0.2, -0.15) is 0 Å². The Morgan fingerprint density at radius 1 is 1.56 bits per heavy atom. The molecular weight excluding hydrogens is 282 g/mol. The molecule has 0 saturated carbocycles.